The Morgan fingerprint density at radius 2 is 1.00 bits per heavy atom. The normalized spacial score (nSPS) is 13.2. The lowest BCUT2D eigenvalue weighted by Gasteiger charge is -2.14. The lowest BCUT2D eigenvalue weighted by molar-refractivity contribution is 1.02. The molecule has 0 aliphatic heterocycles. The fourth-order valence-electron chi connectivity index (χ4n) is 9.21. The third kappa shape index (κ3) is 4.78. The Balaban J connectivity index is 1.04. The summed E-state index contributed by atoms with van der Waals surface area (Å²) in [5, 5.41) is 12.8. The SMILES string of the molecule is C1=CCCC(c2nc(-n3c4ccccc4c4ccccc43)cc3c2sc2ccc(-c4cccc(-c5ccc6c7ccccc7c7ccccc7c6c5)c4)cc23)=C1. The first-order valence-electron chi connectivity index (χ1n) is 19.4. The number of para-hydroxylation sites is 2. The van der Waals surface area contributed by atoms with Crippen molar-refractivity contribution in [1.82, 2.24) is 9.55 Å². The van der Waals surface area contributed by atoms with Crippen LogP contribution in [0.25, 0.3) is 108 Å². The van der Waals surface area contributed by atoms with E-state index in [0.29, 0.717) is 0 Å². The first-order valence-corrected chi connectivity index (χ1v) is 20.2. The van der Waals surface area contributed by atoms with Gasteiger partial charge in [-0.25, -0.2) is 4.98 Å². The number of rotatable bonds is 4. The van der Waals surface area contributed by atoms with Gasteiger partial charge in [-0.3, -0.25) is 4.57 Å². The van der Waals surface area contributed by atoms with Gasteiger partial charge in [0.05, 0.1) is 21.4 Å². The summed E-state index contributed by atoms with van der Waals surface area (Å²) in [6.45, 7) is 0. The second-order valence-corrected chi connectivity index (χ2v) is 16.0. The molecule has 0 unspecified atom stereocenters. The van der Waals surface area contributed by atoms with Crippen molar-refractivity contribution in [2.75, 3.05) is 0 Å². The van der Waals surface area contributed by atoms with Crippen LogP contribution in [0.3, 0.4) is 0 Å². The van der Waals surface area contributed by atoms with Crippen LogP contribution in [0, 0.1) is 0 Å². The van der Waals surface area contributed by atoms with Gasteiger partial charge in [0.1, 0.15) is 5.82 Å². The molecule has 0 spiro atoms. The van der Waals surface area contributed by atoms with Gasteiger partial charge in [-0.15, -0.1) is 11.3 Å². The highest BCUT2D eigenvalue weighted by atomic mass is 32.1. The van der Waals surface area contributed by atoms with Crippen LogP contribution in [0.4, 0.5) is 0 Å². The molecule has 1 aliphatic rings. The molecule has 0 fully saturated rings. The van der Waals surface area contributed by atoms with Crippen molar-refractivity contribution in [1.29, 1.82) is 0 Å². The Morgan fingerprint density at radius 3 is 1.64 bits per heavy atom. The number of benzene rings is 8. The van der Waals surface area contributed by atoms with Crippen LogP contribution >= 0.6 is 11.3 Å². The third-order valence-corrected chi connectivity index (χ3v) is 13.0. The minimum atomic E-state index is 0.962. The topological polar surface area (TPSA) is 17.8 Å². The summed E-state index contributed by atoms with van der Waals surface area (Å²) in [6, 6.07) is 60.4. The number of aromatic nitrogens is 2. The van der Waals surface area contributed by atoms with Crippen molar-refractivity contribution in [3.63, 3.8) is 0 Å². The zero-order chi connectivity index (χ0) is 36.7. The fourth-order valence-corrected chi connectivity index (χ4v) is 10.4. The molecule has 0 amide bonds. The average Bonchev–Trinajstić information content (AvgIpc) is 3.82. The number of pyridine rings is 1. The standard InChI is InChI=1S/C53H34N2S/c1-2-13-33(14-3-1)52-53-47(32-51(54-52)55-48-23-10-8-21-43(48)44-22-9-11-24-49(44)55)46-31-37(26-28-50(46)56-53)35-16-12-15-34(29-35)36-25-27-42-40-19-5-4-17-38(40)39-18-6-7-20-41(39)45(42)30-36/h1-2,4-13,15-32H,3,14H2. The Labute approximate surface area is 327 Å². The molecule has 0 saturated carbocycles. The maximum Gasteiger partial charge on any atom is 0.139 e. The van der Waals surface area contributed by atoms with Crippen LogP contribution in [-0.4, -0.2) is 9.55 Å². The molecule has 3 aromatic heterocycles. The van der Waals surface area contributed by atoms with E-state index in [1.54, 1.807) is 0 Å². The van der Waals surface area contributed by atoms with Gasteiger partial charge in [-0.05, 0) is 115 Å². The van der Waals surface area contributed by atoms with Gasteiger partial charge in [0.15, 0.2) is 0 Å². The maximum atomic E-state index is 5.52. The summed E-state index contributed by atoms with van der Waals surface area (Å²) in [5.41, 5.74) is 9.63. The molecule has 0 atom stereocenters. The van der Waals surface area contributed by atoms with Crippen LogP contribution in [0.2, 0.25) is 0 Å². The van der Waals surface area contributed by atoms with E-state index < -0.39 is 0 Å². The average molecular weight is 731 g/mol. The van der Waals surface area contributed by atoms with E-state index in [0.717, 1.165) is 24.4 Å². The predicted octanol–water partition coefficient (Wildman–Crippen LogP) is 15.1. The highest BCUT2D eigenvalue weighted by molar-refractivity contribution is 7.26. The first-order chi connectivity index (χ1) is 27.8. The zero-order valence-corrected chi connectivity index (χ0v) is 31.4. The Morgan fingerprint density at radius 1 is 0.446 bits per heavy atom. The molecule has 0 N–H and O–H groups in total. The van der Waals surface area contributed by atoms with Crippen LogP contribution < -0.4 is 0 Å². The van der Waals surface area contributed by atoms with E-state index in [9.17, 15) is 0 Å². The molecule has 3 heteroatoms. The monoisotopic (exact) mass is 730 g/mol. The maximum absolute atomic E-state index is 5.52. The summed E-state index contributed by atoms with van der Waals surface area (Å²) in [5.74, 6) is 0.962. The zero-order valence-electron chi connectivity index (χ0n) is 30.5. The molecule has 0 radical (unpaired) electrons. The van der Waals surface area contributed by atoms with Crippen LogP contribution in [0.5, 0.6) is 0 Å². The lowest BCUT2D eigenvalue weighted by atomic mass is 9.91. The predicted molar refractivity (Wildman–Crippen MR) is 241 cm³/mol. The van der Waals surface area contributed by atoms with Crippen molar-refractivity contribution < 1.29 is 0 Å². The summed E-state index contributed by atoms with van der Waals surface area (Å²) < 4.78 is 4.90. The van der Waals surface area contributed by atoms with Gasteiger partial charge >= 0.3 is 0 Å². The number of thiophene rings is 1. The number of hydrogen-bond donors (Lipinski definition) is 0. The molecule has 262 valence electrons. The van der Waals surface area contributed by atoms with E-state index in [4.69, 9.17) is 4.98 Å². The van der Waals surface area contributed by atoms with Crippen molar-refractivity contribution >= 4 is 91.2 Å². The molecule has 12 rings (SSSR count). The smallest absolute Gasteiger partial charge is 0.139 e. The molecular weight excluding hydrogens is 697 g/mol. The summed E-state index contributed by atoms with van der Waals surface area (Å²) in [4.78, 5) is 5.52. The Hall–Kier alpha value is -6.81. The van der Waals surface area contributed by atoms with E-state index in [2.05, 4.69) is 187 Å². The van der Waals surface area contributed by atoms with Crippen molar-refractivity contribution in [3.8, 4) is 28.1 Å². The van der Waals surface area contributed by atoms with Crippen molar-refractivity contribution in [2.45, 2.75) is 12.8 Å². The number of nitrogens with zero attached hydrogens (tertiary/aromatic N) is 2. The Kier molecular flexibility index (Phi) is 6.96. The molecule has 2 nitrogen and oxygen atoms in total. The van der Waals surface area contributed by atoms with E-state index in [1.807, 2.05) is 11.3 Å². The molecule has 56 heavy (non-hydrogen) atoms. The summed E-state index contributed by atoms with van der Waals surface area (Å²) in [7, 11) is 0. The molecule has 0 saturated heterocycles. The van der Waals surface area contributed by atoms with Gasteiger partial charge < -0.3 is 0 Å². The molecule has 11 aromatic rings. The highest BCUT2D eigenvalue weighted by Crippen LogP contribution is 2.43. The molecule has 1 aliphatic carbocycles. The molecular formula is C53H34N2S. The number of hydrogen-bond acceptors (Lipinski definition) is 2. The van der Waals surface area contributed by atoms with Crippen molar-refractivity contribution in [2.24, 2.45) is 0 Å². The van der Waals surface area contributed by atoms with Gasteiger partial charge in [-0.1, -0.05) is 140 Å². The van der Waals surface area contributed by atoms with Gasteiger partial charge in [0, 0.05) is 26.2 Å². The fraction of sp³-hybridized carbons (Fsp3) is 0.0377. The highest BCUT2D eigenvalue weighted by Gasteiger charge is 2.20. The van der Waals surface area contributed by atoms with Gasteiger partial charge in [-0.2, -0.15) is 0 Å². The minimum absolute atomic E-state index is 0.962. The Bertz CT molecular complexity index is 3400. The second kappa shape index (κ2) is 12.4. The minimum Gasteiger partial charge on any atom is -0.294 e. The lowest BCUT2D eigenvalue weighted by Crippen LogP contribution is -2.01. The molecule has 3 heterocycles. The second-order valence-electron chi connectivity index (χ2n) is 15.0. The quantitative estimate of drug-likeness (QED) is 0.165. The third-order valence-electron chi connectivity index (χ3n) is 11.8. The van der Waals surface area contributed by atoms with Crippen molar-refractivity contribution in [3.05, 3.63) is 188 Å². The van der Waals surface area contributed by atoms with E-state index in [-0.39, 0.29) is 0 Å². The van der Waals surface area contributed by atoms with Crippen LogP contribution in [-0.2, 0) is 0 Å². The number of allylic oxidation sites excluding steroid dienone is 4. The first kappa shape index (κ1) is 31.5. The van der Waals surface area contributed by atoms with Gasteiger partial charge in [0.2, 0.25) is 0 Å². The summed E-state index contributed by atoms with van der Waals surface area (Å²) >= 11 is 1.87. The number of fused-ring (bicyclic) bond motifs is 12. The van der Waals surface area contributed by atoms with Crippen LogP contribution in [0.15, 0.2) is 182 Å². The van der Waals surface area contributed by atoms with Crippen LogP contribution in [0.1, 0.15) is 18.5 Å². The van der Waals surface area contributed by atoms with E-state index in [1.165, 1.54) is 102 Å². The largest absolute Gasteiger partial charge is 0.294 e. The molecule has 8 aromatic carbocycles. The molecule has 0 bridgehead atoms. The van der Waals surface area contributed by atoms with Gasteiger partial charge in [0.25, 0.3) is 0 Å². The van der Waals surface area contributed by atoms with E-state index >= 15 is 0 Å². The summed E-state index contributed by atoms with van der Waals surface area (Å²) in [6.07, 6.45) is 8.73.